The summed E-state index contributed by atoms with van der Waals surface area (Å²) in [7, 11) is -3.84. The Morgan fingerprint density at radius 2 is 2.04 bits per heavy atom. The summed E-state index contributed by atoms with van der Waals surface area (Å²) < 4.78 is 37.9. The maximum atomic E-state index is 12.7. The number of sulfonamides is 1. The van der Waals surface area contributed by atoms with Gasteiger partial charge in [-0.25, -0.2) is 8.42 Å². The molecule has 27 heavy (non-hydrogen) atoms. The zero-order valence-corrected chi connectivity index (χ0v) is 16.8. The standard InChI is InChI=1S/C18H27NO7S/c1-4-16(2,3)15(22)26-18-6-12-5-17(9-18,10-27(23,24)19-11-20)7-13(8-18)25-14(12)21/h11-13H,4-10H2,1-3H3,(H,19,20). The van der Waals surface area contributed by atoms with Gasteiger partial charge in [0.2, 0.25) is 16.4 Å². The van der Waals surface area contributed by atoms with Gasteiger partial charge in [-0.05, 0) is 44.9 Å². The first-order valence-corrected chi connectivity index (χ1v) is 11.0. The van der Waals surface area contributed by atoms with Crippen molar-refractivity contribution < 1.29 is 32.3 Å². The zero-order valence-electron chi connectivity index (χ0n) is 15.9. The summed E-state index contributed by atoms with van der Waals surface area (Å²) in [5.41, 5.74) is -2.33. The summed E-state index contributed by atoms with van der Waals surface area (Å²) in [6, 6.07) is 0. The smallest absolute Gasteiger partial charge is 0.312 e. The minimum atomic E-state index is -3.84. The number of fused-ring (bicyclic) bond motifs is 1. The molecule has 2 saturated carbocycles. The van der Waals surface area contributed by atoms with Crippen LogP contribution in [-0.4, -0.2) is 44.2 Å². The van der Waals surface area contributed by atoms with Crippen LogP contribution in [0.4, 0.5) is 0 Å². The number of rotatable bonds is 7. The molecule has 4 bridgehead atoms. The summed E-state index contributed by atoms with van der Waals surface area (Å²) >= 11 is 0. The molecule has 152 valence electrons. The Morgan fingerprint density at radius 3 is 2.67 bits per heavy atom. The van der Waals surface area contributed by atoms with Crippen molar-refractivity contribution in [2.24, 2.45) is 16.7 Å². The molecule has 4 aliphatic rings. The van der Waals surface area contributed by atoms with E-state index in [1.807, 2.05) is 11.6 Å². The molecule has 2 heterocycles. The van der Waals surface area contributed by atoms with Gasteiger partial charge in [0.25, 0.3) is 0 Å². The molecule has 4 unspecified atom stereocenters. The molecule has 4 rings (SSSR count). The molecule has 0 aromatic rings. The number of nitrogens with one attached hydrogen (secondary N) is 1. The molecular weight excluding hydrogens is 374 g/mol. The Morgan fingerprint density at radius 1 is 1.33 bits per heavy atom. The van der Waals surface area contributed by atoms with Gasteiger partial charge in [0, 0.05) is 12.8 Å². The van der Waals surface area contributed by atoms with Crippen molar-refractivity contribution in [3.05, 3.63) is 0 Å². The zero-order chi connectivity index (χ0) is 20.1. The summed E-state index contributed by atoms with van der Waals surface area (Å²) in [4.78, 5) is 35.8. The maximum absolute atomic E-state index is 12.7. The van der Waals surface area contributed by atoms with Gasteiger partial charge in [-0.3, -0.25) is 19.1 Å². The van der Waals surface area contributed by atoms with Crippen LogP contribution in [-0.2, 0) is 33.9 Å². The van der Waals surface area contributed by atoms with Gasteiger partial charge >= 0.3 is 11.9 Å². The Balaban J connectivity index is 1.94. The molecule has 2 aliphatic carbocycles. The van der Waals surface area contributed by atoms with Gasteiger partial charge in [0.05, 0.1) is 17.1 Å². The van der Waals surface area contributed by atoms with Gasteiger partial charge < -0.3 is 9.47 Å². The third-order valence-corrected chi connectivity index (χ3v) is 7.79. The summed E-state index contributed by atoms with van der Waals surface area (Å²) in [6.45, 7) is 5.51. The second-order valence-electron chi connectivity index (χ2n) is 9.05. The lowest BCUT2D eigenvalue weighted by molar-refractivity contribution is -0.190. The lowest BCUT2D eigenvalue weighted by Gasteiger charge is -2.52. The first kappa shape index (κ1) is 20.1. The second kappa shape index (κ2) is 6.46. The lowest BCUT2D eigenvalue weighted by Crippen LogP contribution is -2.56. The van der Waals surface area contributed by atoms with E-state index in [2.05, 4.69) is 0 Å². The van der Waals surface area contributed by atoms with Gasteiger partial charge in [0.1, 0.15) is 11.7 Å². The molecule has 1 N–H and O–H groups in total. The largest absolute Gasteiger partial charge is 0.462 e. The minimum Gasteiger partial charge on any atom is -0.462 e. The molecule has 9 heteroatoms. The Bertz CT molecular complexity index is 762. The predicted octanol–water partition coefficient (Wildman–Crippen LogP) is 1.29. The first-order valence-electron chi connectivity index (χ1n) is 9.31. The van der Waals surface area contributed by atoms with Crippen LogP contribution in [0, 0.1) is 16.7 Å². The fraction of sp³-hybridized carbons (Fsp3) is 0.833. The number of ether oxygens (including phenoxy) is 2. The number of carbonyl (C=O) groups excluding carboxylic acids is 3. The number of carbonyl (C=O) groups is 3. The van der Waals surface area contributed by atoms with Crippen LogP contribution in [0.15, 0.2) is 0 Å². The number of hydrogen-bond donors (Lipinski definition) is 1. The number of hydrogen-bond acceptors (Lipinski definition) is 7. The van der Waals surface area contributed by atoms with E-state index in [-0.39, 0.29) is 24.1 Å². The van der Waals surface area contributed by atoms with Crippen molar-refractivity contribution in [3.63, 3.8) is 0 Å². The summed E-state index contributed by atoms with van der Waals surface area (Å²) in [5.74, 6) is -1.49. The molecule has 2 aliphatic heterocycles. The Hall–Kier alpha value is -1.64. The van der Waals surface area contributed by atoms with Crippen molar-refractivity contribution in [2.45, 2.75) is 71.0 Å². The van der Waals surface area contributed by atoms with E-state index in [9.17, 15) is 22.8 Å². The minimum absolute atomic E-state index is 0.144. The highest BCUT2D eigenvalue weighted by Gasteiger charge is 2.62. The highest BCUT2D eigenvalue weighted by molar-refractivity contribution is 7.90. The van der Waals surface area contributed by atoms with E-state index in [1.54, 1.807) is 13.8 Å². The highest BCUT2D eigenvalue weighted by atomic mass is 32.2. The fourth-order valence-electron chi connectivity index (χ4n) is 4.95. The summed E-state index contributed by atoms with van der Waals surface area (Å²) in [6.07, 6.45) is 2.12. The van der Waals surface area contributed by atoms with Crippen molar-refractivity contribution in [2.75, 3.05) is 5.75 Å². The normalized spacial score (nSPS) is 35.3. The van der Waals surface area contributed by atoms with Gasteiger partial charge in [-0.15, -0.1) is 0 Å². The van der Waals surface area contributed by atoms with Crippen LogP contribution in [0.1, 0.15) is 59.3 Å². The fourth-order valence-corrected chi connectivity index (χ4v) is 6.32. The topological polar surface area (TPSA) is 116 Å². The maximum Gasteiger partial charge on any atom is 0.312 e. The monoisotopic (exact) mass is 401 g/mol. The molecular formula is C18H27NO7S. The van der Waals surface area contributed by atoms with Crippen LogP contribution in [0.2, 0.25) is 0 Å². The summed E-state index contributed by atoms with van der Waals surface area (Å²) in [5, 5.41) is 0. The predicted molar refractivity (Wildman–Crippen MR) is 94.8 cm³/mol. The van der Waals surface area contributed by atoms with E-state index in [0.29, 0.717) is 38.5 Å². The molecule has 4 fully saturated rings. The quantitative estimate of drug-likeness (QED) is 0.505. The van der Waals surface area contributed by atoms with Crippen LogP contribution >= 0.6 is 0 Å². The van der Waals surface area contributed by atoms with Crippen LogP contribution in [0.5, 0.6) is 0 Å². The van der Waals surface area contributed by atoms with Crippen LogP contribution < -0.4 is 4.72 Å². The highest BCUT2D eigenvalue weighted by Crippen LogP contribution is 2.58. The third kappa shape index (κ3) is 3.83. The van der Waals surface area contributed by atoms with Crippen LogP contribution in [0.3, 0.4) is 0 Å². The molecule has 8 nitrogen and oxygen atoms in total. The van der Waals surface area contributed by atoms with E-state index in [1.165, 1.54) is 0 Å². The number of esters is 2. The second-order valence-corrected chi connectivity index (χ2v) is 10.8. The molecule has 2 saturated heterocycles. The molecule has 0 aromatic heterocycles. The third-order valence-electron chi connectivity index (χ3n) is 6.34. The SMILES string of the molecule is CCC(C)(C)C(=O)OC12CC3CC(CS(=O)(=O)NC=O)(CC(C1)C(=O)O3)C2. The van der Waals surface area contributed by atoms with Gasteiger partial charge in [-0.1, -0.05) is 6.92 Å². The van der Waals surface area contributed by atoms with Crippen molar-refractivity contribution in [1.29, 1.82) is 0 Å². The van der Waals surface area contributed by atoms with E-state index in [4.69, 9.17) is 9.47 Å². The van der Waals surface area contributed by atoms with Crippen LogP contribution in [0.25, 0.3) is 0 Å². The molecule has 0 radical (unpaired) electrons. The average Bonchev–Trinajstić information content (AvgIpc) is 2.66. The average molecular weight is 401 g/mol. The van der Waals surface area contributed by atoms with Gasteiger partial charge in [0.15, 0.2) is 0 Å². The van der Waals surface area contributed by atoms with Crippen molar-refractivity contribution in [1.82, 2.24) is 4.72 Å². The molecule has 0 spiro atoms. The molecule has 4 atom stereocenters. The van der Waals surface area contributed by atoms with E-state index >= 15 is 0 Å². The lowest BCUT2D eigenvalue weighted by atomic mass is 9.57. The molecule has 0 aromatic carbocycles. The van der Waals surface area contributed by atoms with Crippen molar-refractivity contribution >= 4 is 28.4 Å². The van der Waals surface area contributed by atoms with E-state index in [0.717, 1.165) is 0 Å². The molecule has 1 amide bonds. The number of amides is 1. The van der Waals surface area contributed by atoms with Crippen molar-refractivity contribution in [3.8, 4) is 0 Å². The Labute approximate surface area is 159 Å². The van der Waals surface area contributed by atoms with Gasteiger partial charge in [-0.2, -0.15) is 0 Å². The Kier molecular flexibility index (Phi) is 4.81. The first-order chi connectivity index (χ1) is 12.4. The van der Waals surface area contributed by atoms with E-state index < -0.39 is 38.5 Å².